The third kappa shape index (κ3) is 5.20. The minimum Gasteiger partial charge on any atom is -0.497 e. The van der Waals surface area contributed by atoms with Crippen molar-refractivity contribution in [2.45, 2.75) is 45.7 Å². The number of ether oxygens (including phenoxy) is 1. The Kier molecular flexibility index (Phi) is 7.88. The van der Waals surface area contributed by atoms with Crippen LogP contribution in [0.1, 0.15) is 49.0 Å². The predicted octanol–water partition coefficient (Wildman–Crippen LogP) is 4.53. The first kappa shape index (κ1) is 25.2. The number of anilines is 1. The van der Waals surface area contributed by atoms with Crippen LogP contribution in [0.3, 0.4) is 0 Å². The van der Waals surface area contributed by atoms with Crippen LogP contribution in [0, 0.1) is 0 Å². The Hall–Kier alpha value is -3.87. The van der Waals surface area contributed by atoms with Gasteiger partial charge in [-0.15, -0.1) is 0 Å². The largest absolute Gasteiger partial charge is 0.497 e. The van der Waals surface area contributed by atoms with Gasteiger partial charge in [0.1, 0.15) is 11.8 Å². The molecule has 3 amide bonds. The Bertz CT molecular complexity index is 1250. The molecule has 1 N–H and O–H groups in total. The third-order valence-electron chi connectivity index (χ3n) is 6.65. The standard InChI is InChI=1S/C29H33N3O4/c1-4-17-30-28(34)20(2)32(19-21-13-15-23(36-3)16-14-21)26(33)12-7-18-31-25-11-6-9-22-8-5-10-24(27(22)25)29(31)35/h5-6,8-11,13-16,20H,4,7,12,17-19H2,1-3H3,(H,30,34)/t20-/m1/s1. The van der Waals surface area contributed by atoms with Gasteiger partial charge in [0.2, 0.25) is 11.8 Å². The summed E-state index contributed by atoms with van der Waals surface area (Å²) in [5.74, 6) is 0.413. The van der Waals surface area contributed by atoms with E-state index in [4.69, 9.17) is 4.74 Å². The molecule has 0 saturated heterocycles. The molecule has 7 nitrogen and oxygen atoms in total. The average molecular weight is 488 g/mol. The fourth-order valence-corrected chi connectivity index (χ4v) is 4.64. The first-order valence-corrected chi connectivity index (χ1v) is 12.5. The Morgan fingerprint density at radius 3 is 2.47 bits per heavy atom. The zero-order valence-corrected chi connectivity index (χ0v) is 21.1. The SMILES string of the molecule is CCCNC(=O)[C@@H](C)N(Cc1ccc(OC)cc1)C(=O)CCCN1C(=O)c2cccc3cccc1c23. The van der Waals surface area contributed by atoms with Crippen molar-refractivity contribution in [2.75, 3.05) is 25.1 Å². The van der Waals surface area contributed by atoms with E-state index in [-0.39, 0.29) is 24.1 Å². The molecule has 3 aromatic rings. The Balaban J connectivity index is 1.45. The quantitative estimate of drug-likeness (QED) is 0.431. The molecule has 0 radical (unpaired) electrons. The lowest BCUT2D eigenvalue weighted by Crippen LogP contribution is -2.47. The van der Waals surface area contributed by atoms with Gasteiger partial charge in [0, 0.05) is 37.0 Å². The Morgan fingerprint density at radius 1 is 1.06 bits per heavy atom. The van der Waals surface area contributed by atoms with Crippen LogP contribution in [-0.4, -0.2) is 48.9 Å². The molecule has 0 saturated carbocycles. The van der Waals surface area contributed by atoms with Gasteiger partial charge in [0.25, 0.3) is 5.91 Å². The summed E-state index contributed by atoms with van der Waals surface area (Å²) >= 11 is 0. The van der Waals surface area contributed by atoms with Crippen molar-refractivity contribution in [1.82, 2.24) is 10.2 Å². The van der Waals surface area contributed by atoms with Gasteiger partial charge in [-0.25, -0.2) is 0 Å². The van der Waals surface area contributed by atoms with Crippen molar-refractivity contribution in [3.63, 3.8) is 0 Å². The van der Waals surface area contributed by atoms with Crippen LogP contribution in [-0.2, 0) is 16.1 Å². The van der Waals surface area contributed by atoms with Crippen LogP contribution in [0.25, 0.3) is 10.8 Å². The molecular formula is C29H33N3O4. The normalized spacial score (nSPS) is 13.1. The molecule has 0 unspecified atom stereocenters. The van der Waals surface area contributed by atoms with Gasteiger partial charge >= 0.3 is 0 Å². The van der Waals surface area contributed by atoms with E-state index in [2.05, 4.69) is 5.32 Å². The van der Waals surface area contributed by atoms with E-state index < -0.39 is 6.04 Å². The molecule has 1 atom stereocenters. The van der Waals surface area contributed by atoms with E-state index in [9.17, 15) is 14.4 Å². The number of hydrogen-bond donors (Lipinski definition) is 1. The highest BCUT2D eigenvalue weighted by Crippen LogP contribution is 2.37. The van der Waals surface area contributed by atoms with Gasteiger partial charge in [-0.05, 0) is 55.0 Å². The maximum atomic E-state index is 13.4. The number of nitrogens with one attached hydrogen (secondary N) is 1. The summed E-state index contributed by atoms with van der Waals surface area (Å²) in [4.78, 5) is 42.5. The molecule has 36 heavy (non-hydrogen) atoms. The number of hydrogen-bond acceptors (Lipinski definition) is 4. The second-order valence-electron chi connectivity index (χ2n) is 9.08. The average Bonchev–Trinajstić information content (AvgIpc) is 3.18. The molecule has 188 valence electrons. The van der Waals surface area contributed by atoms with Crippen LogP contribution in [0.2, 0.25) is 0 Å². The molecule has 0 bridgehead atoms. The minimum absolute atomic E-state index is 0.0309. The summed E-state index contributed by atoms with van der Waals surface area (Å²) in [6.45, 7) is 5.07. The summed E-state index contributed by atoms with van der Waals surface area (Å²) in [6.07, 6.45) is 1.55. The Labute approximate surface area is 212 Å². The number of amides is 3. The number of carbonyl (C=O) groups excluding carboxylic acids is 3. The lowest BCUT2D eigenvalue weighted by atomic mass is 10.1. The van der Waals surface area contributed by atoms with Crippen molar-refractivity contribution in [3.8, 4) is 5.75 Å². The molecule has 0 fully saturated rings. The lowest BCUT2D eigenvalue weighted by Gasteiger charge is -2.29. The van der Waals surface area contributed by atoms with Crippen molar-refractivity contribution in [1.29, 1.82) is 0 Å². The van der Waals surface area contributed by atoms with Crippen LogP contribution in [0.5, 0.6) is 5.75 Å². The summed E-state index contributed by atoms with van der Waals surface area (Å²) < 4.78 is 5.23. The van der Waals surface area contributed by atoms with E-state index in [0.29, 0.717) is 31.6 Å². The Morgan fingerprint density at radius 2 is 1.78 bits per heavy atom. The van der Waals surface area contributed by atoms with E-state index in [0.717, 1.165) is 34.2 Å². The van der Waals surface area contributed by atoms with Crippen LogP contribution < -0.4 is 15.0 Å². The summed E-state index contributed by atoms with van der Waals surface area (Å²) in [5.41, 5.74) is 2.51. The highest BCUT2D eigenvalue weighted by molar-refractivity contribution is 6.25. The molecule has 1 aliphatic heterocycles. The zero-order chi connectivity index (χ0) is 25.7. The molecule has 0 aliphatic carbocycles. The topological polar surface area (TPSA) is 79.0 Å². The molecule has 0 spiro atoms. The predicted molar refractivity (Wildman–Crippen MR) is 141 cm³/mol. The maximum absolute atomic E-state index is 13.4. The van der Waals surface area contributed by atoms with Crippen molar-refractivity contribution >= 4 is 34.2 Å². The van der Waals surface area contributed by atoms with Gasteiger partial charge in [0.15, 0.2) is 0 Å². The monoisotopic (exact) mass is 487 g/mol. The van der Waals surface area contributed by atoms with Gasteiger partial charge < -0.3 is 19.9 Å². The van der Waals surface area contributed by atoms with Gasteiger partial charge in [-0.2, -0.15) is 0 Å². The minimum atomic E-state index is -0.613. The summed E-state index contributed by atoms with van der Waals surface area (Å²) in [5, 5.41) is 4.90. The molecular weight excluding hydrogens is 454 g/mol. The van der Waals surface area contributed by atoms with E-state index in [1.165, 1.54) is 0 Å². The van der Waals surface area contributed by atoms with Gasteiger partial charge in [-0.1, -0.05) is 43.3 Å². The molecule has 4 rings (SSSR count). The first-order chi connectivity index (χ1) is 17.4. The number of rotatable bonds is 11. The van der Waals surface area contributed by atoms with E-state index in [1.54, 1.807) is 23.8 Å². The van der Waals surface area contributed by atoms with Crippen molar-refractivity contribution < 1.29 is 19.1 Å². The number of benzene rings is 3. The fourth-order valence-electron chi connectivity index (χ4n) is 4.64. The van der Waals surface area contributed by atoms with Crippen LogP contribution in [0.4, 0.5) is 5.69 Å². The van der Waals surface area contributed by atoms with Crippen molar-refractivity contribution in [3.05, 3.63) is 71.8 Å². The molecule has 1 aliphatic rings. The van der Waals surface area contributed by atoms with Gasteiger partial charge in [0.05, 0.1) is 12.8 Å². The van der Waals surface area contributed by atoms with Crippen molar-refractivity contribution in [2.24, 2.45) is 0 Å². The summed E-state index contributed by atoms with van der Waals surface area (Å²) in [7, 11) is 1.61. The molecule has 3 aromatic carbocycles. The number of methoxy groups -OCH3 is 1. The number of carbonyl (C=O) groups is 3. The molecule has 0 aromatic heterocycles. The third-order valence-corrected chi connectivity index (χ3v) is 6.65. The van der Waals surface area contributed by atoms with E-state index in [1.807, 2.05) is 67.6 Å². The second-order valence-corrected chi connectivity index (χ2v) is 9.08. The van der Waals surface area contributed by atoms with E-state index >= 15 is 0 Å². The molecule has 1 heterocycles. The zero-order valence-electron chi connectivity index (χ0n) is 21.1. The second kappa shape index (κ2) is 11.2. The molecule has 7 heteroatoms. The van der Waals surface area contributed by atoms with Crippen LogP contribution >= 0.6 is 0 Å². The lowest BCUT2D eigenvalue weighted by molar-refractivity contribution is -0.140. The highest BCUT2D eigenvalue weighted by Gasteiger charge is 2.30. The summed E-state index contributed by atoms with van der Waals surface area (Å²) in [6, 6.07) is 18.5. The smallest absolute Gasteiger partial charge is 0.258 e. The first-order valence-electron chi connectivity index (χ1n) is 12.5. The van der Waals surface area contributed by atoms with Gasteiger partial charge in [-0.3, -0.25) is 14.4 Å². The number of nitrogens with zero attached hydrogens (tertiary/aromatic N) is 2. The van der Waals surface area contributed by atoms with Crippen LogP contribution in [0.15, 0.2) is 60.7 Å². The fraction of sp³-hybridized carbons (Fsp3) is 0.345. The maximum Gasteiger partial charge on any atom is 0.258 e. The highest BCUT2D eigenvalue weighted by atomic mass is 16.5.